The molecule has 0 spiro atoms. The maximum absolute atomic E-state index is 6.66. The molecule has 0 fully saturated rings. The normalized spacial score (nSPS) is 21.9. The van der Waals surface area contributed by atoms with Gasteiger partial charge in [0.15, 0.2) is 0 Å². The SMILES string of the molecule is CO[PH](C1=CCC(c2ccc3c(c2)-c2cc4c(oc5ccccc54)c4c2C3CC=C4)C=C1)(c1ccccc1)[C@@H]1C=CC=CC1. The van der Waals surface area contributed by atoms with Crippen LogP contribution in [0.4, 0.5) is 0 Å². The van der Waals surface area contributed by atoms with Gasteiger partial charge in [-0.05, 0) is 6.07 Å². The predicted octanol–water partition coefficient (Wildman–Crippen LogP) is 10.6. The molecule has 0 saturated carbocycles. The van der Waals surface area contributed by atoms with E-state index in [9.17, 15) is 0 Å². The fourth-order valence-corrected chi connectivity index (χ4v) is 12.7. The second-order valence-electron chi connectivity index (χ2n) is 12.6. The molecule has 2 nitrogen and oxygen atoms in total. The Balaban J connectivity index is 1.10. The van der Waals surface area contributed by atoms with E-state index in [0.717, 1.165) is 30.4 Å². The van der Waals surface area contributed by atoms with Crippen molar-refractivity contribution < 1.29 is 8.94 Å². The fraction of sp³-hybridized carbons (Fsp3) is 0.171. The first-order chi connectivity index (χ1) is 21.8. The Morgan fingerprint density at radius 2 is 1.66 bits per heavy atom. The molecule has 216 valence electrons. The summed E-state index contributed by atoms with van der Waals surface area (Å²) in [7, 11) is -0.547. The van der Waals surface area contributed by atoms with E-state index in [2.05, 4.69) is 134 Å². The van der Waals surface area contributed by atoms with E-state index in [1.165, 1.54) is 54.8 Å². The van der Waals surface area contributed by atoms with Gasteiger partial charge < -0.3 is 0 Å². The second-order valence-corrected chi connectivity index (χ2v) is 16.4. The van der Waals surface area contributed by atoms with Crippen molar-refractivity contribution in [3.05, 3.63) is 155 Å². The quantitative estimate of drug-likeness (QED) is 0.190. The molecule has 0 N–H and O–H groups in total. The zero-order valence-electron chi connectivity index (χ0n) is 24.9. The Bertz CT molecular complexity index is 2110. The van der Waals surface area contributed by atoms with Gasteiger partial charge in [-0.1, -0.05) is 12.1 Å². The molecule has 1 aromatic heterocycles. The third kappa shape index (κ3) is 3.75. The van der Waals surface area contributed by atoms with Crippen LogP contribution in [0.15, 0.2) is 137 Å². The van der Waals surface area contributed by atoms with Crippen molar-refractivity contribution in [2.24, 2.45) is 0 Å². The molecule has 0 bridgehead atoms. The zero-order valence-corrected chi connectivity index (χ0v) is 25.9. The van der Waals surface area contributed by atoms with Crippen molar-refractivity contribution in [3.8, 4) is 11.1 Å². The number of allylic oxidation sites excluding steroid dienone is 9. The Kier molecular flexibility index (Phi) is 6.05. The summed E-state index contributed by atoms with van der Waals surface area (Å²) in [6, 6.07) is 29.1. The van der Waals surface area contributed by atoms with Crippen molar-refractivity contribution in [1.29, 1.82) is 0 Å². The van der Waals surface area contributed by atoms with Gasteiger partial charge in [-0.15, -0.1) is 0 Å². The van der Waals surface area contributed by atoms with Crippen LogP contribution in [0.1, 0.15) is 53.4 Å². The second kappa shape index (κ2) is 10.2. The van der Waals surface area contributed by atoms with Crippen molar-refractivity contribution in [3.63, 3.8) is 0 Å². The van der Waals surface area contributed by atoms with Gasteiger partial charge in [0.2, 0.25) is 0 Å². The number of hydrogen-bond acceptors (Lipinski definition) is 2. The van der Waals surface area contributed by atoms with Crippen LogP contribution in [0.2, 0.25) is 0 Å². The van der Waals surface area contributed by atoms with E-state index in [-0.39, 0.29) is 0 Å². The first kappa shape index (κ1) is 26.2. The van der Waals surface area contributed by atoms with E-state index >= 15 is 0 Å². The number of furan rings is 1. The summed E-state index contributed by atoms with van der Waals surface area (Å²) in [6.45, 7) is 0. The minimum absolute atomic E-state index is 0.342. The van der Waals surface area contributed by atoms with Crippen LogP contribution in [0.5, 0.6) is 0 Å². The molecule has 3 heteroatoms. The van der Waals surface area contributed by atoms with E-state index < -0.39 is 7.49 Å². The molecule has 44 heavy (non-hydrogen) atoms. The minimum atomic E-state index is -2.47. The van der Waals surface area contributed by atoms with Crippen LogP contribution in [-0.4, -0.2) is 12.8 Å². The number of benzene rings is 4. The van der Waals surface area contributed by atoms with E-state index in [1.807, 2.05) is 7.11 Å². The number of fused-ring (bicyclic) bond motifs is 7. The number of para-hydroxylation sites is 1. The van der Waals surface area contributed by atoms with Crippen LogP contribution in [0.25, 0.3) is 39.1 Å². The number of rotatable bonds is 5. The van der Waals surface area contributed by atoms with Gasteiger partial charge in [0.25, 0.3) is 0 Å². The average Bonchev–Trinajstić information content (AvgIpc) is 3.63. The summed E-state index contributed by atoms with van der Waals surface area (Å²) >= 11 is 0. The topological polar surface area (TPSA) is 22.4 Å². The van der Waals surface area contributed by atoms with Gasteiger partial charge in [0.1, 0.15) is 0 Å². The van der Waals surface area contributed by atoms with Gasteiger partial charge in [-0.2, -0.15) is 0 Å². The number of hydrogen-bond donors (Lipinski definition) is 0. The van der Waals surface area contributed by atoms with Crippen LogP contribution >= 0.6 is 7.49 Å². The molecule has 0 saturated heterocycles. The molecule has 9 rings (SSSR count). The molecular formula is C41H35O2P. The summed E-state index contributed by atoms with van der Waals surface area (Å²) in [5.74, 6) is 0.741. The zero-order chi connectivity index (χ0) is 29.3. The van der Waals surface area contributed by atoms with Crippen molar-refractivity contribution >= 4 is 40.8 Å². The molecule has 4 aliphatic carbocycles. The van der Waals surface area contributed by atoms with Gasteiger partial charge in [0.05, 0.1) is 0 Å². The maximum atomic E-state index is 6.66. The Morgan fingerprint density at radius 3 is 2.48 bits per heavy atom. The molecule has 4 aliphatic rings. The summed E-state index contributed by atoms with van der Waals surface area (Å²) in [4.78, 5) is 0. The van der Waals surface area contributed by atoms with E-state index in [0.29, 0.717) is 17.5 Å². The first-order valence-corrected chi connectivity index (χ1v) is 17.9. The van der Waals surface area contributed by atoms with Gasteiger partial charge in [-0.3, -0.25) is 0 Å². The third-order valence-corrected chi connectivity index (χ3v) is 15.0. The fourth-order valence-electron chi connectivity index (χ4n) is 8.42. The van der Waals surface area contributed by atoms with Crippen molar-refractivity contribution in [2.45, 2.75) is 36.8 Å². The summed E-state index contributed by atoms with van der Waals surface area (Å²) in [5.41, 5.74) is 10.7. The van der Waals surface area contributed by atoms with E-state index in [4.69, 9.17) is 8.94 Å². The molecule has 0 aliphatic heterocycles. The van der Waals surface area contributed by atoms with Crippen LogP contribution in [-0.2, 0) is 4.52 Å². The molecule has 2 unspecified atom stereocenters. The van der Waals surface area contributed by atoms with Gasteiger partial charge in [-0.25, -0.2) is 0 Å². The third-order valence-electron chi connectivity index (χ3n) is 10.5. The molecule has 3 atom stereocenters. The molecule has 0 radical (unpaired) electrons. The van der Waals surface area contributed by atoms with Crippen LogP contribution in [0, 0.1) is 0 Å². The standard InChI is InChI=1S/C41H35O2P/c1-42-44(29-11-4-2-5-12-29,30-13-6-3-7-14-30)31-22-19-27(20-23-31)28-21-24-32-34-16-10-17-35-40(34)37(36(32)25-28)26-38-33-15-8-9-18-39(33)43-41(35)38/h2-13,15,17-19,21-27,30,34,44H,14,16,20H2,1H3/t27?,30-,34?/m1/s1. The Hall–Kier alpha value is -4.23. The van der Waals surface area contributed by atoms with Crippen LogP contribution in [0.3, 0.4) is 0 Å². The Morgan fingerprint density at radius 1 is 0.773 bits per heavy atom. The summed E-state index contributed by atoms with van der Waals surface area (Å²) in [6.07, 6.45) is 24.0. The molecule has 0 amide bonds. The molecule has 4 aromatic carbocycles. The van der Waals surface area contributed by atoms with Gasteiger partial charge in [0, 0.05) is 0 Å². The van der Waals surface area contributed by atoms with Crippen molar-refractivity contribution in [2.75, 3.05) is 7.11 Å². The monoisotopic (exact) mass is 590 g/mol. The van der Waals surface area contributed by atoms with E-state index in [1.54, 1.807) is 0 Å². The van der Waals surface area contributed by atoms with Crippen molar-refractivity contribution in [1.82, 2.24) is 0 Å². The molecule has 5 aromatic rings. The Labute approximate surface area is 259 Å². The van der Waals surface area contributed by atoms with Gasteiger partial charge >= 0.3 is 242 Å². The predicted molar refractivity (Wildman–Crippen MR) is 187 cm³/mol. The van der Waals surface area contributed by atoms with Crippen LogP contribution < -0.4 is 5.30 Å². The molecule has 1 heterocycles. The molecular weight excluding hydrogens is 555 g/mol. The summed E-state index contributed by atoms with van der Waals surface area (Å²) in [5, 5.41) is 5.14. The average molecular weight is 591 g/mol. The summed E-state index contributed by atoms with van der Waals surface area (Å²) < 4.78 is 13.1. The first-order valence-electron chi connectivity index (χ1n) is 15.9.